The molecule has 2 amide bonds. The van der Waals surface area contributed by atoms with Crippen molar-refractivity contribution in [2.75, 3.05) is 33.4 Å². The summed E-state index contributed by atoms with van der Waals surface area (Å²) in [5.41, 5.74) is 2.18. The molecule has 0 aliphatic carbocycles. The number of hydrogen-bond acceptors (Lipinski definition) is 4. The average molecular weight is 384 g/mol. The van der Waals surface area contributed by atoms with E-state index in [4.69, 9.17) is 9.47 Å². The van der Waals surface area contributed by atoms with Crippen LogP contribution in [0.5, 0.6) is 11.5 Å². The third-order valence-electron chi connectivity index (χ3n) is 4.38. The molecule has 0 aromatic heterocycles. The van der Waals surface area contributed by atoms with Crippen LogP contribution in [-0.2, 0) is 16.0 Å². The molecule has 6 heteroatoms. The maximum Gasteiger partial charge on any atom is 0.258 e. The van der Waals surface area contributed by atoms with Crippen LogP contribution in [0.15, 0.2) is 48.5 Å². The van der Waals surface area contributed by atoms with Crippen molar-refractivity contribution in [3.63, 3.8) is 0 Å². The molecule has 2 aromatic rings. The fourth-order valence-corrected chi connectivity index (χ4v) is 2.76. The highest BCUT2D eigenvalue weighted by atomic mass is 16.5. The average Bonchev–Trinajstić information content (AvgIpc) is 2.70. The van der Waals surface area contributed by atoms with Gasteiger partial charge in [0.25, 0.3) is 5.91 Å². The molecule has 0 aliphatic rings. The van der Waals surface area contributed by atoms with Gasteiger partial charge in [-0.25, -0.2) is 0 Å². The molecule has 0 atom stereocenters. The largest absolute Gasteiger partial charge is 0.496 e. The lowest BCUT2D eigenvalue weighted by Gasteiger charge is -2.22. The summed E-state index contributed by atoms with van der Waals surface area (Å²) < 4.78 is 10.8. The van der Waals surface area contributed by atoms with Gasteiger partial charge in [-0.15, -0.1) is 0 Å². The molecule has 0 bridgehead atoms. The minimum atomic E-state index is -0.214. The molecule has 0 radical (unpaired) electrons. The van der Waals surface area contributed by atoms with Crippen LogP contribution in [0.2, 0.25) is 0 Å². The first kappa shape index (κ1) is 21.3. The molecule has 0 aliphatic heterocycles. The van der Waals surface area contributed by atoms with Gasteiger partial charge >= 0.3 is 0 Å². The van der Waals surface area contributed by atoms with Crippen LogP contribution in [0.1, 0.15) is 18.1 Å². The van der Waals surface area contributed by atoms with Crippen LogP contribution in [0.4, 0.5) is 0 Å². The highest BCUT2D eigenvalue weighted by Crippen LogP contribution is 2.18. The van der Waals surface area contributed by atoms with Crippen LogP contribution < -0.4 is 14.8 Å². The Labute approximate surface area is 166 Å². The summed E-state index contributed by atoms with van der Waals surface area (Å²) in [6.07, 6.45) is 0.689. The zero-order valence-corrected chi connectivity index (χ0v) is 16.7. The Morgan fingerprint density at radius 2 is 1.75 bits per heavy atom. The van der Waals surface area contributed by atoms with Gasteiger partial charge in [-0.2, -0.15) is 0 Å². The van der Waals surface area contributed by atoms with Gasteiger partial charge in [-0.1, -0.05) is 35.9 Å². The SMILES string of the molecule is COc1ccccc1CCN(CCNC(=O)COc1ccc(C)cc1)C(C)=O. The predicted molar refractivity (Wildman–Crippen MR) is 109 cm³/mol. The Balaban J connectivity index is 1.74. The zero-order valence-electron chi connectivity index (χ0n) is 16.7. The van der Waals surface area contributed by atoms with Crippen molar-refractivity contribution in [2.45, 2.75) is 20.3 Å². The standard InChI is InChI=1S/C22H28N2O4/c1-17-8-10-20(11-9-17)28-16-22(26)23-13-15-24(18(2)25)14-12-19-6-4-5-7-21(19)27-3/h4-11H,12-16H2,1-3H3,(H,23,26). The lowest BCUT2D eigenvalue weighted by Crippen LogP contribution is -2.39. The van der Waals surface area contributed by atoms with Gasteiger partial charge in [-0.3, -0.25) is 9.59 Å². The normalized spacial score (nSPS) is 10.2. The van der Waals surface area contributed by atoms with E-state index in [0.717, 1.165) is 16.9 Å². The summed E-state index contributed by atoms with van der Waals surface area (Å²) in [6, 6.07) is 15.3. The second-order valence-corrected chi connectivity index (χ2v) is 6.52. The fraction of sp³-hybridized carbons (Fsp3) is 0.364. The first-order chi connectivity index (χ1) is 13.5. The first-order valence-electron chi connectivity index (χ1n) is 9.33. The van der Waals surface area contributed by atoms with Crippen molar-refractivity contribution < 1.29 is 19.1 Å². The van der Waals surface area contributed by atoms with Crippen molar-refractivity contribution in [3.8, 4) is 11.5 Å². The van der Waals surface area contributed by atoms with Gasteiger partial charge < -0.3 is 19.7 Å². The monoisotopic (exact) mass is 384 g/mol. The van der Waals surface area contributed by atoms with Crippen molar-refractivity contribution in [3.05, 3.63) is 59.7 Å². The topological polar surface area (TPSA) is 67.9 Å². The summed E-state index contributed by atoms with van der Waals surface area (Å²) in [7, 11) is 1.63. The van der Waals surface area contributed by atoms with Crippen molar-refractivity contribution in [2.24, 2.45) is 0 Å². The number of nitrogens with zero attached hydrogens (tertiary/aromatic N) is 1. The van der Waals surface area contributed by atoms with Gasteiger partial charge in [0.05, 0.1) is 7.11 Å². The number of amides is 2. The summed E-state index contributed by atoms with van der Waals surface area (Å²) in [4.78, 5) is 25.5. The minimum Gasteiger partial charge on any atom is -0.496 e. The molecule has 6 nitrogen and oxygen atoms in total. The van der Waals surface area contributed by atoms with E-state index in [2.05, 4.69) is 5.32 Å². The molecule has 1 N–H and O–H groups in total. The smallest absolute Gasteiger partial charge is 0.258 e. The number of benzene rings is 2. The number of carbonyl (C=O) groups excluding carboxylic acids is 2. The van der Waals surface area contributed by atoms with Crippen LogP contribution in [0, 0.1) is 6.92 Å². The molecule has 28 heavy (non-hydrogen) atoms. The van der Waals surface area contributed by atoms with Gasteiger partial charge in [0.1, 0.15) is 11.5 Å². The van der Waals surface area contributed by atoms with Crippen molar-refractivity contribution in [1.82, 2.24) is 10.2 Å². The van der Waals surface area contributed by atoms with Crippen molar-refractivity contribution in [1.29, 1.82) is 0 Å². The lowest BCUT2D eigenvalue weighted by molar-refractivity contribution is -0.129. The molecular weight excluding hydrogens is 356 g/mol. The summed E-state index contributed by atoms with van der Waals surface area (Å²) >= 11 is 0. The Kier molecular flexibility index (Phi) is 8.34. The number of carbonyl (C=O) groups is 2. The molecule has 2 rings (SSSR count). The third kappa shape index (κ3) is 6.95. The third-order valence-corrected chi connectivity index (χ3v) is 4.38. The van der Waals surface area contributed by atoms with Crippen molar-refractivity contribution >= 4 is 11.8 Å². The van der Waals surface area contributed by atoms with Crippen LogP contribution >= 0.6 is 0 Å². The molecule has 0 unspecified atom stereocenters. The molecule has 0 spiro atoms. The van der Waals surface area contributed by atoms with E-state index in [1.165, 1.54) is 6.92 Å². The lowest BCUT2D eigenvalue weighted by atomic mass is 10.1. The second kappa shape index (κ2) is 11.0. The molecular formula is C22H28N2O4. The number of aryl methyl sites for hydroxylation is 1. The van der Waals surface area contributed by atoms with Crippen LogP contribution in [0.25, 0.3) is 0 Å². The van der Waals surface area contributed by atoms with Gasteiger partial charge in [0.15, 0.2) is 6.61 Å². The quantitative estimate of drug-likeness (QED) is 0.684. The van der Waals surface area contributed by atoms with Gasteiger partial charge in [-0.05, 0) is 37.1 Å². The van der Waals surface area contributed by atoms with E-state index < -0.39 is 0 Å². The number of methoxy groups -OCH3 is 1. The maximum atomic E-state index is 11.9. The minimum absolute atomic E-state index is 0.0277. The fourth-order valence-electron chi connectivity index (χ4n) is 2.76. The molecule has 150 valence electrons. The maximum absolute atomic E-state index is 11.9. The van der Waals surface area contributed by atoms with E-state index in [1.54, 1.807) is 12.0 Å². The number of para-hydroxylation sites is 1. The van der Waals surface area contributed by atoms with E-state index in [1.807, 2.05) is 55.5 Å². The Bertz CT molecular complexity index is 774. The molecule has 2 aromatic carbocycles. The van der Waals surface area contributed by atoms with E-state index in [-0.39, 0.29) is 18.4 Å². The van der Waals surface area contributed by atoms with E-state index in [0.29, 0.717) is 31.8 Å². The first-order valence-corrected chi connectivity index (χ1v) is 9.33. The van der Waals surface area contributed by atoms with E-state index in [9.17, 15) is 9.59 Å². The number of hydrogen-bond donors (Lipinski definition) is 1. The molecule has 0 heterocycles. The Morgan fingerprint density at radius 3 is 2.43 bits per heavy atom. The Morgan fingerprint density at radius 1 is 1.04 bits per heavy atom. The molecule has 0 saturated carbocycles. The second-order valence-electron chi connectivity index (χ2n) is 6.52. The number of nitrogens with one attached hydrogen (secondary N) is 1. The highest BCUT2D eigenvalue weighted by Gasteiger charge is 2.11. The highest BCUT2D eigenvalue weighted by molar-refractivity contribution is 5.77. The Hall–Kier alpha value is -3.02. The molecule has 0 fully saturated rings. The predicted octanol–water partition coefficient (Wildman–Crippen LogP) is 2.59. The zero-order chi connectivity index (χ0) is 20.4. The molecule has 0 saturated heterocycles. The van der Waals surface area contributed by atoms with Gasteiger partial charge in [0.2, 0.25) is 5.91 Å². The number of rotatable bonds is 10. The summed E-state index contributed by atoms with van der Waals surface area (Å²) in [6.45, 7) is 4.85. The van der Waals surface area contributed by atoms with E-state index >= 15 is 0 Å². The van der Waals surface area contributed by atoms with Gasteiger partial charge in [0, 0.05) is 26.6 Å². The van der Waals surface area contributed by atoms with Crippen LogP contribution in [-0.4, -0.2) is 50.1 Å². The summed E-state index contributed by atoms with van der Waals surface area (Å²) in [5, 5.41) is 2.79. The van der Waals surface area contributed by atoms with Crippen LogP contribution in [0.3, 0.4) is 0 Å². The summed E-state index contributed by atoms with van der Waals surface area (Å²) in [5.74, 6) is 1.23. The number of ether oxygens (including phenoxy) is 2.